The molecule has 4 nitrogen and oxygen atoms in total. The van der Waals surface area contributed by atoms with E-state index in [1.807, 2.05) is 0 Å². The van der Waals surface area contributed by atoms with Gasteiger partial charge < -0.3 is 10.5 Å². The van der Waals surface area contributed by atoms with E-state index in [4.69, 9.17) is 10.5 Å². The number of amides is 1. The molecule has 0 saturated heterocycles. The lowest BCUT2D eigenvalue weighted by Gasteiger charge is -2.43. The first-order valence-electron chi connectivity index (χ1n) is 6.17. The predicted octanol–water partition coefficient (Wildman–Crippen LogP) is 1.19. The summed E-state index contributed by atoms with van der Waals surface area (Å²) in [5.74, 6) is -0.278. The van der Waals surface area contributed by atoms with E-state index in [-0.39, 0.29) is 18.1 Å². The predicted molar refractivity (Wildman–Crippen MR) is 64.1 cm³/mol. The van der Waals surface area contributed by atoms with E-state index in [0.717, 1.165) is 32.1 Å². The zero-order valence-electron chi connectivity index (χ0n) is 10.6. The lowest BCUT2D eigenvalue weighted by Crippen LogP contribution is -2.66. The van der Waals surface area contributed by atoms with Gasteiger partial charge in [-0.15, -0.1) is 0 Å². The third kappa shape index (κ3) is 2.55. The first-order chi connectivity index (χ1) is 7.56. The number of hydrogen-bond donors (Lipinski definition) is 2. The van der Waals surface area contributed by atoms with Gasteiger partial charge in [-0.25, -0.2) is 0 Å². The van der Waals surface area contributed by atoms with Crippen molar-refractivity contribution in [2.45, 2.75) is 63.6 Å². The van der Waals surface area contributed by atoms with E-state index in [1.165, 1.54) is 0 Å². The fourth-order valence-electron chi connectivity index (χ4n) is 2.52. The van der Waals surface area contributed by atoms with Crippen LogP contribution in [0.15, 0.2) is 0 Å². The molecule has 3 atom stereocenters. The van der Waals surface area contributed by atoms with Gasteiger partial charge >= 0.3 is 0 Å². The second-order valence-electron chi connectivity index (χ2n) is 4.76. The standard InChI is InChI=1S/C12H24N2O2/c1-4-9(2)14-12(11(13)15)8-6-5-7-10(12)16-3/h9-10,14H,4-8H2,1-3H3,(H2,13,15). The van der Waals surface area contributed by atoms with Crippen molar-refractivity contribution in [3.8, 4) is 0 Å². The van der Waals surface area contributed by atoms with Gasteiger partial charge in [0, 0.05) is 13.2 Å². The van der Waals surface area contributed by atoms with Gasteiger partial charge in [-0.2, -0.15) is 0 Å². The van der Waals surface area contributed by atoms with Crippen molar-refractivity contribution in [1.82, 2.24) is 5.32 Å². The number of ether oxygens (including phenoxy) is 1. The number of primary amides is 1. The number of methoxy groups -OCH3 is 1. The van der Waals surface area contributed by atoms with Crippen molar-refractivity contribution in [2.75, 3.05) is 7.11 Å². The topological polar surface area (TPSA) is 64.3 Å². The maximum atomic E-state index is 11.8. The van der Waals surface area contributed by atoms with Crippen molar-refractivity contribution < 1.29 is 9.53 Å². The molecule has 0 aromatic rings. The first-order valence-corrected chi connectivity index (χ1v) is 6.17. The van der Waals surface area contributed by atoms with Gasteiger partial charge in [0.1, 0.15) is 5.54 Å². The Morgan fingerprint density at radius 1 is 1.62 bits per heavy atom. The molecule has 16 heavy (non-hydrogen) atoms. The normalized spacial score (nSPS) is 32.3. The first kappa shape index (κ1) is 13.5. The summed E-state index contributed by atoms with van der Waals surface area (Å²) < 4.78 is 5.45. The van der Waals surface area contributed by atoms with Crippen LogP contribution in [-0.2, 0) is 9.53 Å². The highest BCUT2D eigenvalue weighted by molar-refractivity contribution is 5.85. The molecule has 0 aromatic carbocycles. The quantitative estimate of drug-likeness (QED) is 0.743. The SMILES string of the molecule is CCC(C)NC1(C(N)=O)CCCCC1OC. The molecular weight excluding hydrogens is 204 g/mol. The minimum atomic E-state index is -0.664. The van der Waals surface area contributed by atoms with Crippen LogP contribution >= 0.6 is 0 Å². The molecule has 1 amide bonds. The molecule has 0 radical (unpaired) electrons. The summed E-state index contributed by atoms with van der Waals surface area (Å²) in [6, 6.07) is 0.281. The van der Waals surface area contributed by atoms with Crippen LogP contribution in [0, 0.1) is 0 Å². The fraction of sp³-hybridized carbons (Fsp3) is 0.917. The lowest BCUT2D eigenvalue weighted by atomic mass is 9.77. The fourth-order valence-corrected chi connectivity index (χ4v) is 2.52. The maximum Gasteiger partial charge on any atom is 0.240 e. The number of carbonyl (C=O) groups excluding carboxylic acids is 1. The molecule has 1 rings (SSSR count). The van der Waals surface area contributed by atoms with E-state index in [2.05, 4.69) is 19.2 Å². The summed E-state index contributed by atoms with van der Waals surface area (Å²) >= 11 is 0. The second kappa shape index (κ2) is 5.64. The van der Waals surface area contributed by atoms with Crippen LogP contribution in [0.25, 0.3) is 0 Å². The molecule has 0 aromatic heterocycles. The highest BCUT2D eigenvalue weighted by Gasteiger charge is 2.46. The van der Waals surface area contributed by atoms with Crippen LogP contribution in [0.3, 0.4) is 0 Å². The number of nitrogens with two attached hydrogens (primary N) is 1. The smallest absolute Gasteiger partial charge is 0.240 e. The molecule has 3 N–H and O–H groups in total. The molecule has 4 heteroatoms. The molecule has 0 aliphatic heterocycles. The molecule has 1 aliphatic rings. The molecule has 1 aliphatic carbocycles. The third-order valence-corrected chi connectivity index (χ3v) is 3.68. The lowest BCUT2D eigenvalue weighted by molar-refractivity contribution is -0.134. The third-order valence-electron chi connectivity index (χ3n) is 3.68. The number of nitrogens with one attached hydrogen (secondary N) is 1. The van der Waals surface area contributed by atoms with Gasteiger partial charge in [-0.1, -0.05) is 19.8 Å². The van der Waals surface area contributed by atoms with Crippen molar-refractivity contribution in [3.63, 3.8) is 0 Å². The molecule has 0 heterocycles. The number of carbonyl (C=O) groups is 1. The Kier molecular flexibility index (Phi) is 4.74. The summed E-state index contributed by atoms with van der Waals surface area (Å²) in [4.78, 5) is 11.8. The van der Waals surface area contributed by atoms with Crippen LogP contribution in [0.4, 0.5) is 0 Å². The average molecular weight is 228 g/mol. The van der Waals surface area contributed by atoms with Crippen LogP contribution in [0.1, 0.15) is 46.0 Å². The molecule has 0 spiro atoms. The monoisotopic (exact) mass is 228 g/mol. The van der Waals surface area contributed by atoms with E-state index in [9.17, 15) is 4.79 Å². The number of rotatable bonds is 5. The van der Waals surface area contributed by atoms with Crippen molar-refractivity contribution in [1.29, 1.82) is 0 Å². The molecule has 1 saturated carbocycles. The molecule has 1 fully saturated rings. The Morgan fingerprint density at radius 2 is 2.31 bits per heavy atom. The minimum absolute atomic E-state index is 0.0900. The second-order valence-corrected chi connectivity index (χ2v) is 4.76. The van der Waals surface area contributed by atoms with Crippen LogP contribution in [0.2, 0.25) is 0 Å². The Balaban J connectivity index is 2.87. The van der Waals surface area contributed by atoms with Crippen molar-refractivity contribution in [2.24, 2.45) is 5.73 Å². The van der Waals surface area contributed by atoms with Gasteiger partial charge in [0.15, 0.2) is 0 Å². The summed E-state index contributed by atoms with van der Waals surface area (Å²) in [5.41, 5.74) is 4.93. The van der Waals surface area contributed by atoms with Gasteiger partial charge in [0.25, 0.3) is 0 Å². The van der Waals surface area contributed by atoms with Crippen molar-refractivity contribution in [3.05, 3.63) is 0 Å². The van der Waals surface area contributed by atoms with Crippen LogP contribution in [-0.4, -0.2) is 30.7 Å². The highest BCUT2D eigenvalue weighted by Crippen LogP contribution is 2.31. The maximum absolute atomic E-state index is 11.8. The van der Waals surface area contributed by atoms with Crippen molar-refractivity contribution >= 4 is 5.91 Å². The van der Waals surface area contributed by atoms with Gasteiger partial charge in [0.2, 0.25) is 5.91 Å². The van der Waals surface area contributed by atoms with E-state index in [1.54, 1.807) is 7.11 Å². The average Bonchev–Trinajstić information content (AvgIpc) is 2.29. The van der Waals surface area contributed by atoms with Gasteiger partial charge in [-0.05, 0) is 26.2 Å². The highest BCUT2D eigenvalue weighted by atomic mass is 16.5. The number of hydrogen-bond acceptors (Lipinski definition) is 3. The van der Waals surface area contributed by atoms with Gasteiger partial charge in [0.05, 0.1) is 6.10 Å². The molecule has 3 unspecified atom stereocenters. The van der Waals surface area contributed by atoms with Crippen LogP contribution in [0.5, 0.6) is 0 Å². The molecule has 0 bridgehead atoms. The summed E-state index contributed by atoms with van der Waals surface area (Å²) in [7, 11) is 1.66. The molecular formula is C12H24N2O2. The largest absolute Gasteiger partial charge is 0.379 e. The summed E-state index contributed by atoms with van der Waals surface area (Å²) in [5, 5.41) is 3.38. The Bertz CT molecular complexity index is 245. The Morgan fingerprint density at radius 3 is 2.81 bits per heavy atom. The van der Waals surface area contributed by atoms with Gasteiger partial charge in [-0.3, -0.25) is 10.1 Å². The summed E-state index contributed by atoms with van der Waals surface area (Å²) in [6.45, 7) is 4.17. The minimum Gasteiger partial charge on any atom is -0.379 e. The summed E-state index contributed by atoms with van der Waals surface area (Å²) in [6.07, 6.45) is 4.72. The van der Waals surface area contributed by atoms with E-state index < -0.39 is 5.54 Å². The Labute approximate surface area is 97.9 Å². The molecule has 94 valence electrons. The zero-order valence-corrected chi connectivity index (χ0v) is 10.6. The van der Waals surface area contributed by atoms with E-state index >= 15 is 0 Å². The van der Waals surface area contributed by atoms with Crippen LogP contribution < -0.4 is 11.1 Å². The zero-order chi connectivity index (χ0) is 12.2. The van der Waals surface area contributed by atoms with E-state index in [0.29, 0.717) is 0 Å². The Hall–Kier alpha value is -0.610.